The second-order valence-corrected chi connectivity index (χ2v) is 15.1. The molecular weight excluding hydrogens is 832 g/mol. The van der Waals surface area contributed by atoms with E-state index < -0.39 is 151 Å². The lowest BCUT2D eigenvalue weighted by molar-refractivity contribution is -0.147. The molecule has 0 aliphatic heterocycles. The fourth-order valence-corrected chi connectivity index (χ4v) is 5.92. The molecule has 350 valence electrons. The van der Waals surface area contributed by atoms with Gasteiger partial charge in [-0.1, -0.05) is 70.9 Å². The van der Waals surface area contributed by atoms with Crippen molar-refractivity contribution in [2.45, 2.75) is 134 Å². The minimum atomic E-state index is -1.87. The molecule has 0 saturated carbocycles. The molecule has 1 rings (SSSR count). The Morgan fingerprint density at radius 1 is 0.524 bits per heavy atom. The molecule has 0 heterocycles. The summed E-state index contributed by atoms with van der Waals surface area (Å²) in [5, 5.41) is 51.4. The summed E-state index contributed by atoms with van der Waals surface area (Å²) in [5.74, 6) is -13.8. The summed E-state index contributed by atoms with van der Waals surface area (Å²) in [6.07, 6.45) is -3.33. The third-order valence-corrected chi connectivity index (χ3v) is 10.1. The predicted octanol–water partition coefficient (Wildman–Crippen LogP) is -1.89. The van der Waals surface area contributed by atoms with Crippen molar-refractivity contribution in [1.29, 1.82) is 0 Å². The first kappa shape index (κ1) is 54.4. The summed E-state index contributed by atoms with van der Waals surface area (Å²) in [7, 11) is 0. The van der Waals surface area contributed by atoms with Crippen molar-refractivity contribution >= 4 is 65.2 Å². The SMILES string of the molecule is CC[C@H](C)[C@H](NC(=O)[C@H](CCC(=O)O)NC(=O)[C@H](Cc1ccccc1)NC(=O)[C@H](CCC(N)=O)NC(=O)[C@@H](NC(=O)[C@@H](N)CCC(=O)O)[C@@H](C)CC)C(=O)N[C@@H](CC(=O)O)C(=O)O. The standard InChI is InChI=1S/C40H60N8O15/c1-5-20(3)32(47-34(56)23(41)12-16-29(50)51)38(60)44-24(13-15-28(42)49)35(57)45-26(18-22-10-8-7-9-11-22)37(59)43-25(14-17-30(52)53)36(58)48-33(21(4)6-2)39(61)46-27(40(62)63)19-31(54)55/h7-11,20-21,23-27,32-33H,5-6,12-19,41H2,1-4H3,(H2,42,49)(H,43,59)(H,44,60)(H,45,57)(H,46,61)(H,47,56)(H,48,58)(H,50,51)(H,52,53)(H,54,55)(H,62,63)/t20-,21-,23-,24-,25-,26-,27-,32-,33-/m0/s1. The minimum Gasteiger partial charge on any atom is -0.481 e. The van der Waals surface area contributed by atoms with Crippen LogP contribution in [0.5, 0.6) is 0 Å². The Hall–Kier alpha value is -6.65. The highest BCUT2D eigenvalue weighted by Crippen LogP contribution is 2.14. The molecule has 1 aromatic carbocycles. The zero-order chi connectivity index (χ0) is 48.0. The van der Waals surface area contributed by atoms with Crippen LogP contribution in [0.15, 0.2) is 30.3 Å². The van der Waals surface area contributed by atoms with Gasteiger partial charge in [-0.15, -0.1) is 0 Å². The van der Waals surface area contributed by atoms with Gasteiger partial charge in [0.25, 0.3) is 0 Å². The summed E-state index contributed by atoms with van der Waals surface area (Å²) < 4.78 is 0. The van der Waals surface area contributed by atoms with E-state index in [9.17, 15) is 63.0 Å². The van der Waals surface area contributed by atoms with Crippen molar-refractivity contribution in [3.8, 4) is 0 Å². The fraction of sp³-hybridized carbons (Fsp3) is 0.575. The molecule has 23 heteroatoms. The van der Waals surface area contributed by atoms with Gasteiger partial charge in [0.1, 0.15) is 36.3 Å². The largest absolute Gasteiger partial charge is 0.481 e. The normalized spacial score (nSPS) is 15.2. The van der Waals surface area contributed by atoms with Gasteiger partial charge in [0.15, 0.2) is 0 Å². The van der Waals surface area contributed by atoms with Crippen LogP contribution in [0.25, 0.3) is 0 Å². The van der Waals surface area contributed by atoms with E-state index >= 15 is 0 Å². The third-order valence-electron chi connectivity index (χ3n) is 10.1. The van der Waals surface area contributed by atoms with Gasteiger partial charge in [0.2, 0.25) is 41.4 Å². The van der Waals surface area contributed by atoms with Crippen molar-refractivity contribution in [3.63, 3.8) is 0 Å². The fourth-order valence-electron chi connectivity index (χ4n) is 5.92. The molecule has 0 spiro atoms. The highest BCUT2D eigenvalue weighted by atomic mass is 16.4. The lowest BCUT2D eigenvalue weighted by Crippen LogP contribution is -2.61. The number of benzene rings is 1. The quantitative estimate of drug-likeness (QED) is 0.0402. The highest BCUT2D eigenvalue weighted by Gasteiger charge is 2.36. The number of carbonyl (C=O) groups is 11. The van der Waals surface area contributed by atoms with Crippen LogP contribution in [0.4, 0.5) is 0 Å². The van der Waals surface area contributed by atoms with Gasteiger partial charge < -0.3 is 63.8 Å². The van der Waals surface area contributed by atoms with Crippen molar-refractivity contribution in [1.82, 2.24) is 31.9 Å². The van der Waals surface area contributed by atoms with E-state index in [1.807, 2.05) is 0 Å². The number of primary amides is 1. The predicted molar refractivity (Wildman–Crippen MR) is 221 cm³/mol. The van der Waals surface area contributed by atoms with E-state index in [1.54, 1.807) is 51.1 Å². The molecule has 0 saturated heterocycles. The molecule has 0 unspecified atom stereocenters. The Kier molecular flexibility index (Phi) is 23.6. The zero-order valence-corrected chi connectivity index (χ0v) is 35.6. The first-order valence-corrected chi connectivity index (χ1v) is 20.3. The first-order chi connectivity index (χ1) is 29.5. The smallest absolute Gasteiger partial charge is 0.326 e. The van der Waals surface area contributed by atoms with Gasteiger partial charge in [-0.3, -0.25) is 47.9 Å². The maximum absolute atomic E-state index is 14.1. The summed E-state index contributed by atoms with van der Waals surface area (Å²) in [5.41, 5.74) is 11.7. The van der Waals surface area contributed by atoms with Crippen molar-refractivity contribution < 1.29 is 73.2 Å². The number of rotatable bonds is 30. The number of carbonyl (C=O) groups excluding carboxylic acids is 7. The third kappa shape index (κ3) is 20.2. The lowest BCUT2D eigenvalue weighted by Gasteiger charge is -2.29. The van der Waals surface area contributed by atoms with Gasteiger partial charge >= 0.3 is 23.9 Å². The summed E-state index contributed by atoms with van der Waals surface area (Å²) >= 11 is 0. The van der Waals surface area contributed by atoms with Gasteiger partial charge in [-0.2, -0.15) is 0 Å². The van der Waals surface area contributed by atoms with Crippen LogP contribution in [0.1, 0.15) is 91.0 Å². The number of carboxylic acid groups (broad SMARTS) is 4. The number of hydrogen-bond donors (Lipinski definition) is 12. The number of nitrogens with one attached hydrogen (secondary N) is 6. The van der Waals surface area contributed by atoms with E-state index in [0.717, 1.165) is 0 Å². The van der Waals surface area contributed by atoms with Crippen molar-refractivity contribution in [2.24, 2.45) is 23.3 Å². The van der Waals surface area contributed by atoms with Crippen molar-refractivity contribution in [2.75, 3.05) is 0 Å². The molecule has 0 fully saturated rings. The Morgan fingerprint density at radius 3 is 1.40 bits per heavy atom. The number of carboxylic acids is 4. The zero-order valence-electron chi connectivity index (χ0n) is 35.6. The van der Waals surface area contributed by atoms with E-state index in [2.05, 4.69) is 31.9 Å². The Bertz CT molecular complexity index is 1800. The second kappa shape index (κ2) is 27.3. The Balaban J connectivity index is 3.56. The van der Waals surface area contributed by atoms with Crippen LogP contribution < -0.4 is 43.4 Å². The van der Waals surface area contributed by atoms with Gasteiger partial charge in [0, 0.05) is 25.7 Å². The lowest BCUT2D eigenvalue weighted by atomic mass is 9.96. The monoisotopic (exact) mass is 892 g/mol. The van der Waals surface area contributed by atoms with Crippen LogP contribution in [-0.2, 0) is 59.2 Å². The maximum Gasteiger partial charge on any atom is 0.326 e. The maximum atomic E-state index is 14.1. The molecular formula is C40H60N8O15. The number of amides is 7. The molecule has 0 bridgehead atoms. The number of aliphatic carboxylic acids is 4. The molecule has 23 nitrogen and oxygen atoms in total. The molecule has 0 radical (unpaired) electrons. The molecule has 0 aromatic heterocycles. The van der Waals surface area contributed by atoms with E-state index in [0.29, 0.717) is 12.0 Å². The van der Waals surface area contributed by atoms with Crippen LogP contribution >= 0.6 is 0 Å². The molecule has 0 aliphatic carbocycles. The molecule has 7 amide bonds. The Labute approximate surface area is 363 Å². The molecule has 63 heavy (non-hydrogen) atoms. The van der Waals surface area contributed by atoms with Crippen LogP contribution in [0.3, 0.4) is 0 Å². The van der Waals surface area contributed by atoms with Gasteiger partial charge in [-0.05, 0) is 36.7 Å². The average Bonchev–Trinajstić information content (AvgIpc) is 3.22. The van der Waals surface area contributed by atoms with Gasteiger partial charge in [-0.25, -0.2) is 4.79 Å². The summed E-state index contributed by atoms with van der Waals surface area (Å²) in [4.78, 5) is 139. The summed E-state index contributed by atoms with van der Waals surface area (Å²) in [6, 6.07) is -2.57. The van der Waals surface area contributed by atoms with Crippen LogP contribution in [0.2, 0.25) is 0 Å². The van der Waals surface area contributed by atoms with Crippen LogP contribution in [0, 0.1) is 11.8 Å². The number of nitrogens with two attached hydrogens (primary N) is 2. The van der Waals surface area contributed by atoms with Crippen LogP contribution in [-0.4, -0.2) is 128 Å². The van der Waals surface area contributed by atoms with E-state index in [4.69, 9.17) is 21.7 Å². The Morgan fingerprint density at radius 2 is 0.937 bits per heavy atom. The van der Waals surface area contributed by atoms with Gasteiger partial charge in [0.05, 0.1) is 12.5 Å². The molecule has 1 aromatic rings. The molecule has 0 aliphatic rings. The highest BCUT2D eigenvalue weighted by molar-refractivity contribution is 5.97. The molecule has 14 N–H and O–H groups in total. The first-order valence-electron chi connectivity index (χ1n) is 20.3. The van der Waals surface area contributed by atoms with E-state index in [1.165, 1.54) is 6.92 Å². The molecule has 9 atom stereocenters. The number of hydrogen-bond acceptors (Lipinski definition) is 12. The topological polar surface area (TPSA) is 393 Å². The van der Waals surface area contributed by atoms with E-state index in [-0.39, 0.29) is 25.7 Å². The van der Waals surface area contributed by atoms with Crippen molar-refractivity contribution in [3.05, 3.63) is 35.9 Å². The minimum absolute atomic E-state index is 0.236. The second-order valence-electron chi connectivity index (χ2n) is 15.1. The summed E-state index contributed by atoms with van der Waals surface area (Å²) in [6.45, 7) is 6.50. The average molecular weight is 893 g/mol.